The van der Waals surface area contributed by atoms with Gasteiger partial charge in [-0.15, -0.1) is 0 Å². The second-order valence-electron chi connectivity index (χ2n) is 4.68. The van der Waals surface area contributed by atoms with E-state index < -0.39 is 0 Å². The van der Waals surface area contributed by atoms with Crippen LogP contribution in [0.5, 0.6) is 0 Å². The van der Waals surface area contributed by atoms with Crippen LogP contribution in [-0.2, 0) is 22.6 Å². The summed E-state index contributed by atoms with van der Waals surface area (Å²) in [6.07, 6.45) is 0.717. The van der Waals surface area contributed by atoms with Crippen LogP contribution >= 0.6 is 0 Å². The fourth-order valence-corrected chi connectivity index (χ4v) is 1.92. The lowest BCUT2D eigenvalue weighted by atomic mass is 10.0. The van der Waals surface area contributed by atoms with Crippen molar-refractivity contribution in [2.45, 2.75) is 20.0 Å². The molecule has 0 amide bonds. The molecule has 0 aromatic heterocycles. The predicted octanol–water partition coefficient (Wildman–Crippen LogP) is 3.61. The first kappa shape index (κ1) is 13.3. The SMILES string of the molecule is C[C@@H](Cc1ccccc1)C(=O)OCc1ccccc1. The van der Waals surface area contributed by atoms with Crippen LogP contribution in [0.3, 0.4) is 0 Å². The highest BCUT2D eigenvalue weighted by atomic mass is 16.5. The van der Waals surface area contributed by atoms with Gasteiger partial charge in [-0.25, -0.2) is 0 Å². The van der Waals surface area contributed by atoms with Crippen LogP contribution in [-0.4, -0.2) is 5.97 Å². The monoisotopic (exact) mass is 254 g/mol. The minimum absolute atomic E-state index is 0.119. The quantitative estimate of drug-likeness (QED) is 0.762. The predicted molar refractivity (Wildman–Crippen MR) is 75.5 cm³/mol. The molecule has 2 aromatic rings. The van der Waals surface area contributed by atoms with E-state index in [1.165, 1.54) is 0 Å². The maximum absolute atomic E-state index is 11.9. The van der Waals surface area contributed by atoms with Crippen LogP contribution in [0.2, 0.25) is 0 Å². The standard InChI is InChI=1S/C17H18O2/c1-14(12-15-8-4-2-5-9-15)17(18)19-13-16-10-6-3-7-11-16/h2-11,14H,12-13H2,1H3/t14-/m0/s1. The molecule has 0 fully saturated rings. The molecule has 0 heterocycles. The number of ether oxygens (including phenoxy) is 1. The van der Waals surface area contributed by atoms with Crippen LogP contribution in [0.1, 0.15) is 18.1 Å². The number of carbonyl (C=O) groups excluding carboxylic acids is 1. The zero-order valence-corrected chi connectivity index (χ0v) is 11.1. The third kappa shape index (κ3) is 4.25. The summed E-state index contributed by atoms with van der Waals surface area (Å²) in [6, 6.07) is 19.7. The van der Waals surface area contributed by atoms with Crippen molar-refractivity contribution in [2.24, 2.45) is 5.92 Å². The highest BCUT2D eigenvalue weighted by molar-refractivity contribution is 5.72. The zero-order chi connectivity index (χ0) is 13.5. The van der Waals surface area contributed by atoms with Gasteiger partial charge < -0.3 is 4.74 Å². The van der Waals surface area contributed by atoms with Gasteiger partial charge in [-0.1, -0.05) is 67.6 Å². The summed E-state index contributed by atoms with van der Waals surface area (Å²) < 4.78 is 5.32. The molecule has 1 atom stereocenters. The molecular formula is C17H18O2. The summed E-state index contributed by atoms with van der Waals surface area (Å²) in [5.74, 6) is -0.265. The first-order chi connectivity index (χ1) is 9.25. The van der Waals surface area contributed by atoms with E-state index in [0.717, 1.165) is 11.1 Å². The number of hydrogen-bond donors (Lipinski definition) is 0. The minimum atomic E-state index is -0.146. The molecule has 0 aliphatic heterocycles. The number of hydrogen-bond acceptors (Lipinski definition) is 2. The van der Waals surface area contributed by atoms with Gasteiger partial charge in [0.05, 0.1) is 5.92 Å². The van der Waals surface area contributed by atoms with Crippen molar-refractivity contribution in [1.29, 1.82) is 0 Å². The summed E-state index contributed by atoms with van der Waals surface area (Å²) >= 11 is 0. The fourth-order valence-electron chi connectivity index (χ4n) is 1.92. The molecule has 0 N–H and O–H groups in total. The first-order valence-corrected chi connectivity index (χ1v) is 6.50. The van der Waals surface area contributed by atoms with E-state index >= 15 is 0 Å². The second kappa shape index (κ2) is 6.74. The summed E-state index contributed by atoms with van der Waals surface area (Å²) in [5, 5.41) is 0. The Morgan fingerprint density at radius 2 is 1.47 bits per heavy atom. The van der Waals surface area contributed by atoms with E-state index in [9.17, 15) is 4.79 Å². The molecule has 0 saturated heterocycles. The van der Waals surface area contributed by atoms with Crippen LogP contribution in [0.4, 0.5) is 0 Å². The van der Waals surface area contributed by atoms with Gasteiger partial charge in [-0.3, -0.25) is 4.79 Å². The lowest BCUT2D eigenvalue weighted by Crippen LogP contribution is -2.16. The zero-order valence-electron chi connectivity index (χ0n) is 11.1. The van der Waals surface area contributed by atoms with Crippen molar-refractivity contribution in [2.75, 3.05) is 0 Å². The van der Waals surface area contributed by atoms with Crippen molar-refractivity contribution in [1.82, 2.24) is 0 Å². The summed E-state index contributed by atoms with van der Waals surface area (Å²) in [6.45, 7) is 2.25. The summed E-state index contributed by atoms with van der Waals surface area (Å²) in [7, 11) is 0. The van der Waals surface area contributed by atoms with Gasteiger partial charge >= 0.3 is 5.97 Å². The van der Waals surface area contributed by atoms with Crippen molar-refractivity contribution in [3.63, 3.8) is 0 Å². The summed E-state index contributed by atoms with van der Waals surface area (Å²) in [4.78, 5) is 11.9. The Kier molecular flexibility index (Phi) is 4.73. The highest BCUT2D eigenvalue weighted by Gasteiger charge is 2.14. The fraction of sp³-hybridized carbons (Fsp3) is 0.235. The largest absolute Gasteiger partial charge is 0.461 e. The van der Waals surface area contributed by atoms with E-state index in [1.54, 1.807) is 0 Å². The van der Waals surface area contributed by atoms with Crippen LogP contribution in [0.15, 0.2) is 60.7 Å². The lowest BCUT2D eigenvalue weighted by molar-refractivity contribution is -0.149. The highest BCUT2D eigenvalue weighted by Crippen LogP contribution is 2.11. The normalized spacial score (nSPS) is 11.8. The van der Waals surface area contributed by atoms with Gasteiger partial charge in [0.15, 0.2) is 0 Å². The molecule has 98 valence electrons. The Morgan fingerprint density at radius 1 is 0.947 bits per heavy atom. The van der Waals surface area contributed by atoms with Crippen molar-refractivity contribution < 1.29 is 9.53 Å². The van der Waals surface area contributed by atoms with E-state index in [2.05, 4.69) is 0 Å². The number of rotatable bonds is 5. The first-order valence-electron chi connectivity index (χ1n) is 6.50. The molecule has 0 bridgehead atoms. The number of benzene rings is 2. The second-order valence-corrected chi connectivity index (χ2v) is 4.68. The smallest absolute Gasteiger partial charge is 0.309 e. The van der Waals surface area contributed by atoms with E-state index in [0.29, 0.717) is 13.0 Å². The molecule has 2 rings (SSSR count). The van der Waals surface area contributed by atoms with Gasteiger partial charge in [-0.2, -0.15) is 0 Å². The molecule has 0 radical (unpaired) electrons. The van der Waals surface area contributed by atoms with Crippen molar-refractivity contribution in [3.05, 3.63) is 71.8 Å². The van der Waals surface area contributed by atoms with Crippen LogP contribution < -0.4 is 0 Å². The van der Waals surface area contributed by atoms with Crippen LogP contribution in [0.25, 0.3) is 0 Å². The molecule has 0 aliphatic rings. The molecule has 2 nitrogen and oxygen atoms in total. The molecule has 19 heavy (non-hydrogen) atoms. The van der Waals surface area contributed by atoms with Crippen LogP contribution in [0, 0.1) is 5.92 Å². The minimum Gasteiger partial charge on any atom is -0.461 e. The van der Waals surface area contributed by atoms with Crippen molar-refractivity contribution in [3.8, 4) is 0 Å². The molecule has 2 aromatic carbocycles. The maximum Gasteiger partial charge on any atom is 0.309 e. The maximum atomic E-state index is 11.9. The Labute approximate surface area is 114 Å². The van der Waals surface area contributed by atoms with E-state index in [4.69, 9.17) is 4.74 Å². The van der Waals surface area contributed by atoms with Gasteiger partial charge in [-0.05, 0) is 17.5 Å². The van der Waals surface area contributed by atoms with Gasteiger partial charge in [0.25, 0.3) is 0 Å². The molecule has 0 saturated carbocycles. The molecular weight excluding hydrogens is 236 g/mol. The molecule has 0 unspecified atom stereocenters. The lowest BCUT2D eigenvalue weighted by Gasteiger charge is -2.11. The topological polar surface area (TPSA) is 26.3 Å². The molecule has 0 aliphatic carbocycles. The Hall–Kier alpha value is -2.09. The van der Waals surface area contributed by atoms with Gasteiger partial charge in [0.1, 0.15) is 6.61 Å². The third-order valence-electron chi connectivity index (χ3n) is 3.01. The number of esters is 1. The third-order valence-corrected chi connectivity index (χ3v) is 3.01. The van der Waals surface area contributed by atoms with E-state index in [1.807, 2.05) is 67.6 Å². The molecule has 0 spiro atoms. The number of carbonyl (C=O) groups is 1. The Morgan fingerprint density at radius 3 is 2.05 bits per heavy atom. The van der Waals surface area contributed by atoms with Gasteiger partial charge in [0.2, 0.25) is 0 Å². The average Bonchev–Trinajstić information content (AvgIpc) is 2.47. The molecule has 2 heteroatoms. The Balaban J connectivity index is 1.83. The van der Waals surface area contributed by atoms with Crippen molar-refractivity contribution >= 4 is 5.97 Å². The van der Waals surface area contributed by atoms with E-state index in [-0.39, 0.29) is 11.9 Å². The Bertz CT molecular complexity index is 505. The average molecular weight is 254 g/mol. The van der Waals surface area contributed by atoms with Gasteiger partial charge in [0, 0.05) is 0 Å². The summed E-state index contributed by atoms with van der Waals surface area (Å²) in [5.41, 5.74) is 2.18.